The second-order valence-electron chi connectivity index (χ2n) is 20.1. The SMILES string of the molecule is CC[C@H](C)[C@H](NC(=O)[C@H](CCC(=O)O)NC(=O)[C@H](CS)NC(=O)[C@@H](N)[C@@H](C)O)C(=O)N[C@@H](CS)C(=O)N[C@@H](C)C(=O)N[C@@H](Cc1ccc(O)cc1)C(=O)N[C@@H](C)C(=O)N[C@@H](C)C(=O)N[C@@H](CS)C(=O)N[C@H](C(=O)NCC(=O)N[C@@H](CS)C(=O)O)[C@@H](C)O. The monoisotopic (exact) mass is 1310 g/mol. The normalized spacial score (nSPS) is 16.2. The van der Waals surface area contributed by atoms with Gasteiger partial charge in [0.1, 0.15) is 78.3 Å². The lowest BCUT2D eigenvalue weighted by Gasteiger charge is -2.29. The number of nitrogens with one attached hydrogen (secondary N) is 12. The van der Waals surface area contributed by atoms with Crippen molar-refractivity contribution in [3.8, 4) is 5.75 Å². The Kier molecular flexibility index (Phi) is 34.8. The number of benzene rings is 1. The number of phenolic OH excluding ortho intramolecular Hbond substituents is 1. The van der Waals surface area contributed by atoms with E-state index < -0.39 is 193 Å². The van der Waals surface area contributed by atoms with Crippen molar-refractivity contribution in [3.05, 3.63) is 29.8 Å². The smallest absolute Gasteiger partial charge is 0.327 e. The second-order valence-corrected chi connectivity index (χ2v) is 21.5. The third-order valence-corrected chi connectivity index (χ3v) is 14.4. The van der Waals surface area contributed by atoms with E-state index in [1.807, 2.05) is 0 Å². The number of thiol groups is 4. The van der Waals surface area contributed by atoms with E-state index in [0.717, 1.165) is 6.92 Å². The van der Waals surface area contributed by atoms with Crippen LogP contribution < -0.4 is 69.5 Å². The van der Waals surface area contributed by atoms with Gasteiger partial charge in [0.05, 0.1) is 18.8 Å². The Bertz CT molecular complexity index is 2590. The van der Waals surface area contributed by atoms with Crippen molar-refractivity contribution in [3.63, 3.8) is 0 Å². The molecule has 0 aliphatic heterocycles. The molecule has 0 bridgehead atoms. The zero-order chi connectivity index (χ0) is 66.6. The molecule has 0 spiro atoms. The van der Waals surface area contributed by atoms with Crippen LogP contribution >= 0.6 is 50.5 Å². The summed E-state index contributed by atoms with van der Waals surface area (Å²) in [5.41, 5.74) is 6.06. The molecule has 15 atom stereocenters. The Hall–Kier alpha value is -7.12. The number of nitrogens with two attached hydrogens (primary N) is 1. The van der Waals surface area contributed by atoms with Gasteiger partial charge in [0.2, 0.25) is 70.9 Å². The minimum absolute atomic E-state index is 0.130. The summed E-state index contributed by atoms with van der Waals surface area (Å²) in [4.78, 5) is 182. The number of carboxylic acids is 2. The van der Waals surface area contributed by atoms with Crippen LogP contribution in [0.25, 0.3) is 0 Å². The molecule has 0 saturated carbocycles. The molecule has 0 aliphatic rings. The highest BCUT2D eigenvalue weighted by molar-refractivity contribution is 7.80. The summed E-state index contributed by atoms with van der Waals surface area (Å²) in [6.07, 6.45) is -3.95. The zero-order valence-electron chi connectivity index (χ0n) is 48.7. The summed E-state index contributed by atoms with van der Waals surface area (Å²) in [5, 5.41) is 76.5. The van der Waals surface area contributed by atoms with E-state index in [1.54, 1.807) is 13.8 Å². The number of aliphatic hydroxyl groups excluding tert-OH is 2. The molecular formula is C51H81N13O19S4. The second kappa shape index (κ2) is 38.9. The van der Waals surface area contributed by atoms with Crippen LogP contribution in [0.2, 0.25) is 0 Å². The fourth-order valence-corrected chi connectivity index (χ4v) is 8.32. The van der Waals surface area contributed by atoms with E-state index in [1.165, 1.54) is 52.0 Å². The Balaban J connectivity index is 3.19. The predicted molar refractivity (Wildman–Crippen MR) is 324 cm³/mol. The highest BCUT2D eigenvalue weighted by Crippen LogP contribution is 2.14. The third-order valence-electron chi connectivity index (χ3n) is 12.9. The molecule has 0 fully saturated rings. The van der Waals surface area contributed by atoms with Crippen molar-refractivity contribution in [2.45, 2.75) is 159 Å². The molecule has 0 heterocycles. The van der Waals surface area contributed by atoms with Crippen molar-refractivity contribution < 1.29 is 92.7 Å². The minimum Gasteiger partial charge on any atom is -0.508 e. The molecule has 12 amide bonds. The van der Waals surface area contributed by atoms with Crippen molar-refractivity contribution in [2.75, 3.05) is 29.6 Å². The first-order chi connectivity index (χ1) is 40.7. The van der Waals surface area contributed by atoms with Gasteiger partial charge in [-0.3, -0.25) is 62.3 Å². The number of hydrogen-bond donors (Lipinski definition) is 22. The number of aromatic hydroxyl groups is 1. The number of aliphatic hydroxyl groups is 2. The van der Waals surface area contributed by atoms with Gasteiger partial charge in [0.15, 0.2) is 0 Å². The molecule has 0 unspecified atom stereocenters. The fraction of sp³-hybridized carbons (Fsp3) is 0.608. The third kappa shape index (κ3) is 27.2. The number of carbonyl (C=O) groups excluding carboxylic acids is 12. The van der Waals surface area contributed by atoms with E-state index in [9.17, 15) is 87.5 Å². The van der Waals surface area contributed by atoms with Gasteiger partial charge in [0.25, 0.3) is 0 Å². The van der Waals surface area contributed by atoms with Gasteiger partial charge in [-0.05, 0) is 64.7 Å². The van der Waals surface area contributed by atoms with Crippen molar-refractivity contribution in [1.82, 2.24) is 63.8 Å². The molecular weight excluding hydrogens is 1230 g/mol. The van der Waals surface area contributed by atoms with Crippen LogP contribution in [0.15, 0.2) is 24.3 Å². The van der Waals surface area contributed by atoms with Crippen molar-refractivity contribution in [1.29, 1.82) is 0 Å². The molecule has 1 aromatic carbocycles. The Morgan fingerprint density at radius 1 is 0.460 bits per heavy atom. The number of rotatable bonds is 38. The number of aliphatic carboxylic acids is 2. The lowest BCUT2D eigenvalue weighted by atomic mass is 9.97. The maximum atomic E-state index is 13.9. The standard InChI is InChI=1S/C51H81N13O19S4/c1-8-21(2)38(63-43(74)29(13-14-36(69)70)58-46(77)32(18-85)61-48(79)37(52)25(6)65)50(81)62-31(17-84)45(76)56-24(5)41(72)59-30(15-27-9-11-28(67)12-10-27)44(75)55-22(3)40(71)54-23(4)42(73)60-33(19-86)47(78)64-39(26(7)66)49(80)53-16-35(68)57-34(20-87)51(82)83/h9-12,21-26,29-34,37-39,65-67,84-87H,8,13-20,52H2,1-7H3,(H,53,80)(H,54,71)(H,55,75)(H,56,76)(H,57,68)(H,58,77)(H,59,72)(H,60,73)(H,61,79)(H,62,81)(H,63,74)(H,64,78)(H,69,70)(H,82,83)/t21-,22-,23-,24-,25+,26+,29-,30-,31-,32-,33-,34-,37-,38-,39-/m0/s1. The summed E-state index contributed by atoms with van der Waals surface area (Å²) >= 11 is 16.2. The number of phenols is 1. The van der Waals surface area contributed by atoms with Crippen LogP contribution in [-0.2, 0) is 73.5 Å². The minimum atomic E-state index is -1.68. The van der Waals surface area contributed by atoms with Gasteiger partial charge in [0, 0.05) is 35.9 Å². The van der Waals surface area contributed by atoms with Crippen LogP contribution in [0.1, 0.15) is 73.3 Å². The highest BCUT2D eigenvalue weighted by Gasteiger charge is 2.36. The van der Waals surface area contributed by atoms with Gasteiger partial charge < -0.3 is 95.1 Å². The number of hydrogen-bond acceptors (Lipinski definition) is 22. The quantitative estimate of drug-likeness (QED) is 0.0274. The van der Waals surface area contributed by atoms with E-state index in [-0.39, 0.29) is 41.6 Å². The van der Waals surface area contributed by atoms with Gasteiger partial charge >= 0.3 is 11.9 Å². The summed E-state index contributed by atoms with van der Waals surface area (Å²) in [6, 6.07) is -12.1. The van der Waals surface area contributed by atoms with E-state index in [2.05, 4.69) is 114 Å². The van der Waals surface area contributed by atoms with Crippen molar-refractivity contribution >= 4 is 133 Å². The molecule has 1 aromatic rings. The first-order valence-corrected chi connectivity index (χ1v) is 29.6. The first-order valence-electron chi connectivity index (χ1n) is 27.0. The van der Waals surface area contributed by atoms with Gasteiger partial charge in [-0.25, -0.2) is 4.79 Å². The molecule has 19 N–H and O–H groups in total. The maximum Gasteiger partial charge on any atom is 0.327 e. The molecule has 87 heavy (non-hydrogen) atoms. The lowest BCUT2D eigenvalue weighted by molar-refractivity contribution is -0.141. The van der Waals surface area contributed by atoms with Crippen molar-refractivity contribution in [2.24, 2.45) is 11.7 Å². The van der Waals surface area contributed by atoms with E-state index in [4.69, 9.17) is 10.8 Å². The first kappa shape index (κ1) is 77.9. The number of carboxylic acid groups (broad SMARTS) is 2. The molecule has 32 nitrogen and oxygen atoms in total. The topological polar surface area (TPSA) is 511 Å². The molecule has 0 saturated heterocycles. The largest absolute Gasteiger partial charge is 0.508 e. The molecule has 0 radical (unpaired) electrons. The molecule has 0 aliphatic carbocycles. The van der Waals surface area contributed by atoms with Crippen LogP contribution in [0.4, 0.5) is 0 Å². The van der Waals surface area contributed by atoms with Crippen LogP contribution in [0.5, 0.6) is 5.75 Å². The number of carbonyl (C=O) groups is 14. The van der Waals surface area contributed by atoms with E-state index in [0.29, 0.717) is 5.56 Å². The molecule has 36 heteroatoms. The average Bonchev–Trinajstić information content (AvgIpc) is 3.08. The van der Waals surface area contributed by atoms with Crippen LogP contribution in [0.3, 0.4) is 0 Å². The Labute approximate surface area is 523 Å². The summed E-state index contributed by atoms with van der Waals surface area (Å²) in [5.74, 6) is -16.4. The molecule has 0 aromatic heterocycles. The Morgan fingerprint density at radius 3 is 1.30 bits per heavy atom. The van der Waals surface area contributed by atoms with Gasteiger partial charge in [-0.2, -0.15) is 50.5 Å². The Morgan fingerprint density at radius 2 is 0.851 bits per heavy atom. The van der Waals surface area contributed by atoms with Crippen LogP contribution in [0, 0.1) is 5.92 Å². The predicted octanol–water partition coefficient (Wildman–Crippen LogP) is -6.75. The molecule has 488 valence electrons. The zero-order valence-corrected chi connectivity index (χ0v) is 52.2. The summed E-state index contributed by atoms with van der Waals surface area (Å²) in [7, 11) is 0. The van der Waals surface area contributed by atoms with E-state index >= 15 is 0 Å². The lowest BCUT2D eigenvalue weighted by Crippen LogP contribution is -2.61. The summed E-state index contributed by atoms with van der Waals surface area (Å²) < 4.78 is 0. The maximum absolute atomic E-state index is 13.9. The number of amides is 12. The van der Waals surface area contributed by atoms with Gasteiger partial charge in [-0.15, -0.1) is 0 Å². The summed E-state index contributed by atoms with van der Waals surface area (Å²) in [6.45, 7) is 8.59. The van der Waals surface area contributed by atoms with Crippen LogP contribution in [-0.4, -0.2) is 223 Å². The van der Waals surface area contributed by atoms with Gasteiger partial charge in [-0.1, -0.05) is 32.4 Å². The fourth-order valence-electron chi connectivity index (χ4n) is 7.30. The highest BCUT2D eigenvalue weighted by atomic mass is 32.1. The average molecular weight is 1310 g/mol. The molecule has 1 rings (SSSR count).